The average molecular weight is 274 g/mol. The van der Waals surface area contributed by atoms with Crippen LogP contribution in [0.1, 0.15) is 65.2 Å². The molecule has 1 N–H and O–H groups in total. The average Bonchev–Trinajstić information content (AvgIpc) is 2.81. The topological polar surface area (TPSA) is 20.2 Å². The number of rotatable bonds is 0. The Bertz CT molecular complexity index is 427. The zero-order chi connectivity index (χ0) is 14.0. The van der Waals surface area contributed by atoms with Crippen LogP contribution in [0.25, 0.3) is 0 Å². The van der Waals surface area contributed by atoms with Crippen LogP contribution in [0.2, 0.25) is 0 Å². The third-order valence-corrected chi connectivity index (χ3v) is 7.92. The fourth-order valence-corrected chi connectivity index (χ4v) is 6.78. The quantitative estimate of drug-likeness (QED) is 0.642. The summed E-state index contributed by atoms with van der Waals surface area (Å²) in [5.41, 5.74) is 0.926. The Balaban J connectivity index is 1.72. The van der Waals surface area contributed by atoms with Crippen molar-refractivity contribution in [2.24, 2.45) is 34.5 Å². The van der Waals surface area contributed by atoms with E-state index >= 15 is 0 Å². The van der Waals surface area contributed by atoms with E-state index in [1.54, 1.807) is 0 Å². The summed E-state index contributed by atoms with van der Waals surface area (Å²) >= 11 is 0. The van der Waals surface area contributed by atoms with Crippen LogP contribution < -0.4 is 0 Å². The first kappa shape index (κ1) is 13.4. The Kier molecular flexibility index (Phi) is 2.91. The summed E-state index contributed by atoms with van der Waals surface area (Å²) in [5.74, 6) is 2.85. The molecule has 0 aliphatic heterocycles. The van der Waals surface area contributed by atoms with Crippen molar-refractivity contribution in [1.29, 1.82) is 0 Å². The van der Waals surface area contributed by atoms with Crippen molar-refractivity contribution in [2.45, 2.75) is 71.3 Å². The predicted octanol–water partition coefficient (Wildman–Crippen LogP) is 4.56. The smallest absolute Gasteiger partial charge is 0.0577 e. The van der Waals surface area contributed by atoms with Crippen LogP contribution in [0.3, 0.4) is 0 Å². The van der Waals surface area contributed by atoms with Gasteiger partial charge < -0.3 is 5.11 Å². The molecule has 4 rings (SSSR count). The van der Waals surface area contributed by atoms with Gasteiger partial charge in [-0.3, -0.25) is 0 Å². The molecule has 0 bridgehead atoms. The molecule has 4 aliphatic carbocycles. The molecule has 4 aliphatic rings. The zero-order valence-corrected chi connectivity index (χ0v) is 13.1. The van der Waals surface area contributed by atoms with E-state index in [0.29, 0.717) is 16.7 Å². The molecule has 112 valence electrons. The second kappa shape index (κ2) is 4.35. The van der Waals surface area contributed by atoms with E-state index in [2.05, 4.69) is 26.0 Å². The summed E-state index contributed by atoms with van der Waals surface area (Å²) in [5, 5.41) is 10.9. The highest BCUT2D eigenvalue weighted by atomic mass is 16.3. The number of allylic oxidation sites excluding steroid dienone is 2. The number of hydrogen-bond acceptors (Lipinski definition) is 1. The molecule has 20 heavy (non-hydrogen) atoms. The lowest BCUT2D eigenvalue weighted by Gasteiger charge is -2.60. The van der Waals surface area contributed by atoms with Crippen LogP contribution in [-0.4, -0.2) is 11.2 Å². The molecule has 0 amide bonds. The van der Waals surface area contributed by atoms with Crippen molar-refractivity contribution in [1.82, 2.24) is 0 Å². The molecule has 1 unspecified atom stereocenters. The molecule has 0 heterocycles. The van der Waals surface area contributed by atoms with Gasteiger partial charge in [0.25, 0.3) is 0 Å². The van der Waals surface area contributed by atoms with Crippen LogP contribution in [-0.2, 0) is 0 Å². The van der Waals surface area contributed by atoms with E-state index in [9.17, 15) is 5.11 Å². The normalized spacial score (nSPS) is 57.9. The van der Waals surface area contributed by atoms with Gasteiger partial charge in [0.2, 0.25) is 0 Å². The van der Waals surface area contributed by atoms with Gasteiger partial charge in [-0.2, -0.15) is 0 Å². The third kappa shape index (κ3) is 1.65. The Morgan fingerprint density at radius 2 is 1.90 bits per heavy atom. The Morgan fingerprint density at radius 1 is 1.05 bits per heavy atom. The molecule has 1 heteroatoms. The molecule has 0 aromatic heterocycles. The van der Waals surface area contributed by atoms with E-state index < -0.39 is 0 Å². The monoisotopic (exact) mass is 274 g/mol. The van der Waals surface area contributed by atoms with Crippen LogP contribution >= 0.6 is 0 Å². The van der Waals surface area contributed by atoms with Crippen molar-refractivity contribution in [3.05, 3.63) is 12.2 Å². The van der Waals surface area contributed by atoms with Gasteiger partial charge >= 0.3 is 0 Å². The molecule has 0 spiro atoms. The zero-order valence-electron chi connectivity index (χ0n) is 13.1. The fourth-order valence-electron chi connectivity index (χ4n) is 6.78. The summed E-state index contributed by atoms with van der Waals surface area (Å²) in [6.45, 7) is 5.02. The number of aliphatic hydroxyl groups excluding tert-OH is 1. The minimum absolute atomic E-state index is 0.0210. The van der Waals surface area contributed by atoms with E-state index in [-0.39, 0.29) is 6.10 Å². The van der Waals surface area contributed by atoms with E-state index in [1.807, 2.05) is 0 Å². The second-order valence-corrected chi connectivity index (χ2v) is 8.72. The number of fused-ring (bicyclic) bond motifs is 5. The van der Waals surface area contributed by atoms with Gasteiger partial charge in [-0.15, -0.1) is 0 Å². The van der Waals surface area contributed by atoms with Crippen molar-refractivity contribution < 1.29 is 5.11 Å². The first-order valence-electron chi connectivity index (χ1n) is 8.90. The van der Waals surface area contributed by atoms with Gasteiger partial charge in [0.15, 0.2) is 0 Å². The fraction of sp³-hybridized carbons (Fsp3) is 0.895. The molecule has 7 atom stereocenters. The Morgan fingerprint density at radius 3 is 2.75 bits per heavy atom. The van der Waals surface area contributed by atoms with E-state index in [0.717, 1.165) is 24.2 Å². The van der Waals surface area contributed by atoms with Gasteiger partial charge in [-0.05, 0) is 79.4 Å². The maximum atomic E-state index is 10.9. The van der Waals surface area contributed by atoms with E-state index in [1.165, 1.54) is 44.9 Å². The molecule has 1 nitrogen and oxygen atoms in total. The minimum atomic E-state index is -0.0210. The van der Waals surface area contributed by atoms with Crippen LogP contribution in [0.4, 0.5) is 0 Å². The molecule has 0 aromatic carbocycles. The van der Waals surface area contributed by atoms with Crippen LogP contribution in [0.15, 0.2) is 12.2 Å². The molecule has 0 radical (unpaired) electrons. The highest BCUT2D eigenvalue weighted by Gasteiger charge is 2.59. The van der Waals surface area contributed by atoms with Gasteiger partial charge in [0, 0.05) is 0 Å². The lowest BCUT2D eigenvalue weighted by Crippen LogP contribution is -2.56. The molecule has 0 saturated heterocycles. The Labute approximate surface area is 123 Å². The molecular formula is C19H30O. The van der Waals surface area contributed by atoms with Gasteiger partial charge in [0.1, 0.15) is 0 Å². The van der Waals surface area contributed by atoms with Gasteiger partial charge in [-0.25, -0.2) is 0 Å². The predicted molar refractivity (Wildman–Crippen MR) is 82.3 cm³/mol. The second-order valence-electron chi connectivity index (χ2n) is 8.72. The molecule has 3 fully saturated rings. The molecular weight excluding hydrogens is 244 g/mol. The lowest BCUT2D eigenvalue weighted by atomic mass is 9.46. The molecule has 3 saturated carbocycles. The summed E-state index contributed by atoms with van der Waals surface area (Å²) in [7, 11) is 0. The first-order chi connectivity index (χ1) is 9.55. The third-order valence-electron chi connectivity index (χ3n) is 7.92. The minimum Gasteiger partial charge on any atom is -0.393 e. The SMILES string of the molecule is C[C@@]12CCC[C@H]1[C@@H]1[C@@H](O)CC3CCC=C[C@]3(C)[C@H]1CC2. The molecule has 0 aromatic rings. The summed E-state index contributed by atoms with van der Waals surface area (Å²) in [4.78, 5) is 0. The standard InChI is InChI=1S/C19H30O/c1-18-9-5-7-14(18)17-15(8-11-18)19(2)10-4-3-6-13(19)12-16(17)20/h4,10,13-17,20H,3,5-9,11-12H2,1-2H3/t13?,14-,15-,16-,17-,18-,19-/m0/s1. The van der Waals surface area contributed by atoms with Gasteiger partial charge in [0.05, 0.1) is 6.10 Å². The van der Waals surface area contributed by atoms with Crippen molar-refractivity contribution in [3.8, 4) is 0 Å². The van der Waals surface area contributed by atoms with Crippen LogP contribution in [0.5, 0.6) is 0 Å². The number of aliphatic hydroxyl groups is 1. The largest absolute Gasteiger partial charge is 0.393 e. The van der Waals surface area contributed by atoms with Gasteiger partial charge in [-0.1, -0.05) is 32.4 Å². The van der Waals surface area contributed by atoms with Crippen LogP contribution in [0, 0.1) is 34.5 Å². The van der Waals surface area contributed by atoms with E-state index in [4.69, 9.17) is 0 Å². The summed E-state index contributed by atoms with van der Waals surface area (Å²) in [6, 6.07) is 0. The van der Waals surface area contributed by atoms with Crippen molar-refractivity contribution >= 4 is 0 Å². The highest BCUT2D eigenvalue weighted by molar-refractivity contribution is 5.16. The number of hydrogen-bond donors (Lipinski definition) is 1. The maximum Gasteiger partial charge on any atom is 0.0577 e. The first-order valence-corrected chi connectivity index (χ1v) is 8.90. The highest BCUT2D eigenvalue weighted by Crippen LogP contribution is 2.65. The summed E-state index contributed by atoms with van der Waals surface area (Å²) in [6.07, 6.45) is 15.5. The van der Waals surface area contributed by atoms with Crippen molar-refractivity contribution in [3.63, 3.8) is 0 Å². The van der Waals surface area contributed by atoms with Crippen molar-refractivity contribution in [2.75, 3.05) is 0 Å². The Hall–Kier alpha value is -0.300. The summed E-state index contributed by atoms with van der Waals surface area (Å²) < 4.78 is 0. The maximum absolute atomic E-state index is 10.9. The lowest BCUT2D eigenvalue weighted by molar-refractivity contribution is -0.132.